The lowest BCUT2D eigenvalue weighted by atomic mass is 10.1. The molecule has 1 atom stereocenters. The molecule has 2 saturated heterocycles. The molecule has 1 aromatic carbocycles. The number of aromatic nitrogens is 1. The number of rotatable bonds is 7. The summed E-state index contributed by atoms with van der Waals surface area (Å²) in [7, 11) is -2.16. The van der Waals surface area contributed by atoms with Crippen LogP contribution in [0.1, 0.15) is 6.42 Å². The van der Waals surface area contributed by atoms with Gasteiger partial charge >= 0.3 is 0 Å². The summed E-state index contributed by atoms with van der Waals surface area (Å²) in [5, 5.41) is 3.51. The number of carbonyl (C=O) groups excluding carboxylic acids is 2. The van der Waals surface area contributed by atoms with E-state index >= 15 is 0 Å². The van der Waals surface area contributed by atoms with Crippen molar-refractivity contribution in [2.45, 2.75) is 17.4 Å². The Balaban J connectivity index is 1.41. The molecule has 4 rings (SSSR count). The Kier molecular flexibility index (Phi) is 5.72. The highest BCUT2D eigenvalue weighted by Crippen LogP contribution is 2.31. The Morgan fingerprint density at radius 3 is 2.77 bits per heavy atom. The van der Waals surface area contributed by atoms with Gasteiger partial charge in [0.2, 0.25) is 21.8 Å². The van der Waals surface area contributed by atoms with E-state index in [1.807, 2.05) is 12.1 Å². The summed E-state index contributed by atoms with van der Waals surface area (Å²) in [5.74, 6) is -0.702. The summed E-state index contributed by atoms with van der Waals surface area (Å²) in [5.41, 5.74) is 0.438. The van der Waals surface area contributed by atoms with Crippen LogP contribution < -0.4 is 5.32 Å². The topological polar surface area (TPSA) is 109 Å². The number of methoxy groups -OCH3 is 1. The van der Waals surface area contributed by atoms with Gasteiger partial charge in [-0.05, 0) is 12.1 Å². The van der Waals surface area contributed by atoms with Crippen molar-refractivity contribution in [2.75, 3.05) is 39.9 Å². The van der Waals surface area contributed by atoms with E-state index in [4.69, 9.17) is 4.74 Å². The van der Waals surface area contributed by atoms with Crippen LogP contribution in [0, 0.1) is 5.92 Å². The lowest BCUT2D eigenvalue weighted by Crippen LogP contribution is -2.61. The second kappa shape index (κ2) is 8.29. The lowest BCUT2D eigenvalue weighted by Gasteiger charge is -2.43. The third-order valence-corrected chi connectivity index (χ3v) is 7.48. The normalized spacial score (nSPS) is 20.5. The van der Waals surface area contributed by atoms with E-state index in [2.05, 4.69) is 10.3 Å². The largest absolute Gasteiger partial charge is 0.383 e. The van der Waals surface area contributed by atoms with Gasteiger partial charge < -0.3 is 15.0 Å². The number of likely N-dealkylation sites (tertiary alicyclic amines) is 1. The average Bonchev–Trinajstić information content (AvgIpc) is 3.07. The third kappa shape index (κ3) is 3.78. The number of sulfonamides is 1. The Hall–Kier alpha value is -2.56. The quantitative estimate of drug-likeness (QED) is 0.627. The first kappa shape index (κ1) is 20.7. The van der Waals surface area contributed by atoms with E-state index in [-0.39, 0.29) is 42.3 Å². The predicted molar refractivity (Wildman–Crippen MR) is 109 cm³/mol. The van der Waals surface area contributed by atoms with E-state index < -0.39 is 15.9 Å². The van der Waals surface area contributed by atoms with Crippen LogP contribution in [-0.4, -0.2) is 80.4 Å². The summed E-state index contributed by atoms with van der Waals surface area (Å²) < 4.78 is 32.5. The molecule has 0 bridgehead atoms. The van der Waals surface area contributed by atoms with Gasteiger partial charge in [-0.3, -0.25) is 14.6 Å². The summed E-state index contributed by atoms with van der Waals surface area (Å²) in [6.07, 6.45) is 1.72. The fraction of sp³-hybridized carbons (Fsp3) is 0.450. The summed E-state index contributed by atoms with van der Waals surface area (Å²) in [6.45, 7) is 1.56. The summed E-state index contributed by atoms with van der Waals surface area (Å²) in [6, 6.07) is 8.44. The van der Waals surface area contributed by atoms with Crippen molar-refractivity contribution in [3.05, 3.63) is 36.5 Å². The van der Waals surface area contributed by atoms with Gasteiger partial charge in [0.05, 0.1) is 24.1 Å². The number of hydrogen-bond acceptors (Lipinski definition) is 6. The van der Waals surface area contributed by atoms with Gasteiger partial charge in [0.15, 0.2) is 0 Å². The third-order valence-electron chi connectivity index (χ3n) is 5.62. The molecule has 2 aromatic rings. The average molecular weight is 433 g/mol. The van der Waals surface area contributed by atoms with Gasteiger partial charge in [-0.15, -0.1) is 0 Å². The van der Waals surface area contributed by atoms with Gasteiger partial charge in [-0.25, -0.2) is 8.42 Å². The minimum absolute atomic E-state index is 0.115. The first-order valence-corrected chi connectivity index (χ1v) is 11.3. The van der Waals surface area contributed by atoms with Crippen LogP contribution in [0.25, 0.3) is 10.9 Å². The van der Waals surface area contributed by atoms with Crippen LogP contribution in [0.4, 0.5) is 0 Å². The van der Waals surface area contributed by atoms with Crippen molar-refractivity contribution in [1.82, 2.24) is 19.5 Å². The van der Waals surface area contributed by atoms with Crippen molar-refractivity contribution < 1.29 is 22.7 Å². The van der Waals surface area contributed by atoms with E-state index in [9.17, 15) is 18.0 Å². The van der Waals surface area contributed by atoms with E-state index in [0.29, 0.717) is 25.2 Å². The van der Waals surface area contributed by atoms with Crippen LogP contribution in [0.15, 0.2) is 41.4 Å². The molecule has 0 aliphatic carbocycles. The van der Waals surface area contributed by atoms with Crippen molar-refractivity contribution in [3.8, 4) is 0 Å². The fourth-order valence-electron chi connectivity index (χ4n) is 3.91. The van der Waals surface area contributed by atoms with Gasteiger partial charge in [-0.1, -0.05) is 18.2 Å². The Labute approximate surface area is 175 Å². The van der Waals surface area contributed by atoms with Crippen LogP contribution >= 0.6 is 0 Å². The van der Waals surface area contributed by atoms with Crippen LogP contribution in [-0.2, 0) is 24.3 Å². The molecule has 2 fully saturated rings. The molecule has 0 saturated carbocycles. The number of hydrogen-bond donors (Lipinski definition) is 1. The minimum Gasteiger partial charge on any atom is -0.383 e. The minimum atomic E-state index is -3.71. The number of nitrogens with zero attached hydrogens (tertiary/aromatic N) is 3. The molecule has 0 spiro atoms. The molecule has 2 aliphatic heterocycles. The van der Waals surface area contributed by atoms with Crippen LogP contribution in [0.3, 0.4) is 0 Å². The standard InChI is InChI=1S/C20H24N4O5S/c1-29-9-8-22-20(26)15-10-18(25)24(11-15)16-12-23(13-16)30(27,28)17-6-2-4-14-5-3-7-21-19(14)17/h2-7,15-16H,8-13H2,1H3,(H,22,26). The highest BCUT2D eigenvalue weighted by Gasteiger charge is 2.46. The zero-order valence-electron chi connectivity index (χ0n) is 16.7. The molecule has 160 valence electrons. The number of benzene rings is 1. The zero-order chi connectivity index (χ0) is 21.3. The second-order valence-electron chi connectivity index (χ2n) is 7.54. The number of carbonyl (C=O) groups is 2. The smallest absolute Gasteiger partial charge is 0.245 e. The fourth-order valence-corrected chi connectivity index (χ4v) is 5.59. The van der Waals surface area contributed by atoms with Gasteiger partial charge in [0, 0.05) is 51.3 Å². The molecule has 0 radical (unpaired) electrons. The van der Waals surface area contributed by atoms with Crippen LogP contribution in [0.5, 0.6) is 0 Å². The second-order valence-corrected chi connectivity index (χ2v) is 9.44. The molecule has 1 N–H and O–H groups in total. The first-order valence-electron chi connectivity index (χ1n) is 9.82. The van der Waals surface area contributed by atoms with Crippen molar-refractivity contribution >= 4 is 32.7 Å². The zero-order valence-corrected chi connectivity index (χ0v) is 17.5. The van der Waals surface area contributed by atoms with Crippen molar-refractivity contribution in [3.63, 3.8) is 0 Å². The Bertz CT molecular complexity index is 1060. The van der Waals surface area contributed by atoms with Gasteiger partial charge in [-0.2, -0.15) is 4.31 Å². The lowest BCUT2D eigenvalue weighted by molar-refractivity contribution is -0.132. The number of para-hydroxylation sites is 1. The van der Waals surface area contributed by atoms with Crippen molar-refractivity contribution in [2.24, 2.45) is 5.92 Å². The molecule has 1 aromatic heterocycles. The number of pyridine rings is 1. The SMILES string of the molecule is COCCNC(=O)C1CC(=O)N(C2CN(S(=O)(=O)c3cccc4cccnc34)C2)C1. The number of amides is 2. The molecular formula is C20H24N4O5S. The maximum absolute atomic E-state index is 13.1. The number of fused-ring (bicyclic) bond motifs is 1. The number of nitrogens with one attached hydrogen (secondary N) is 1. The first-order chi connectivity index (χ1) is 14.4. The predicted octanol–water partition coefficient (Wildman–Crippen LogP) is 0.219. The summed E-state index contributed by atoms with van der Waals surface area (Å²) >= 11 is 0. The Morgan fingerprint density at radius 1 is 1.23 bits per heavy atom. The van der Waals surface area contributed by atoms with Crippen molar-refractivity contribution in [1.29, 1.82) is 0 Å². The maximum atomic E-state index is 13.1. The monoisotopic (exact) mass is 432 g/mol. The number of ether oxygens (including phenoxy) is 1. The molecule has 2 amide bonds. The molecular weight excluding hydrogens is 408 g/mol. The van der Waals surface area contributed by atoms with Gasteiger partial charge in [0.25, 0.3) is 0 Å². The molecule has 9 nitrogen and oxygen atoms in total. The highest BCUT2D eigenvalue weighted by molar-refractivity contribution is 7.89. The highest BCUT2D eigenvalue weighted by atomic mass is 32.2. The summed E-state index contributed by atoms with van der Waals surface area (Å²) in [4.78, 5) is 30.6. The van der Waals surface area contributed by atoms with Gasteiger partial charge in [0.1, 0.15) is 4.90 Å². The van der Waals surface area contributed by atoms with E-state index in [1.165, 1.54) is 4.31 Å². The molecule has 1 unspecified atom stereocenters. The molecule has 30 heavy (non-hydrogen) atoms. The Morgan fingerprint density at radius 2 is 2.00 bits per heavy atom. The van der Waals surface area contributed by atoms with E-state index in [0.717, 1.165) is 5.39 Å². The van der Waals surface area contributed by atoms with Crippen LogP contribution in [0.2, 0.25) is 0 Å². The molecule has 2 aliphatic rings. The maximum Gasteiger partial charge on any atom is 0.245 e. The molecule has 10 heteroatoms. The molecule has 3 heterocycles. The van der Waals surface area contributed by atoms with E-state index in [1.54, 1.807) is 36.4 Å².